The topological polar surface area (TPSA) is 95.6 Å². The second-order valence-electron chi connectivity index (χ2n) is 4.23. The van der Waals surface area contributed by atoms with E-state index < -0.39 is 27.1 Å². The molecule has 2 aliphatic heterocycles. The summed E-state index contributed by atoms with van der Waals surface area (Å²) in [7, 11) is -3.54. The van der Waals surface area contributed by atoms with Gasteiger partial charge in [-0.15, -0.1) is 0 Å². The van der Waals surface area contributed by atoms with Crippen molar-refractivity contribution in [2.24, 2.45) is 0 Å². The summed E-state index contributed by atoms with van der Waals surface area (Å²) in [4.78, 5) is 22.3. The fourth-order valence-electron chi connectivity index (χ4n) is 2.09. The lowest BCUT2D eigenvalue weighted by Gasteiger charge is -2.31. The molecule has 8 heteroatoms. The molecule has 0 atom stereocenters. The van der Waals surface area contributed by atoms with Gasteiger partial charge in [0.05, 0.1) is 18.3 Å². The van der Waals surface area contributed by atoms with Crippen molar-refractivity contribution in [3.8, 4) is 0 Å². The van der Waals surface area contributed by atoms with Crippen molar-refractivity contribution in [1.29, 1.82) is 0 Å². The Balaban J connectivity index is 2.13. The average Bonchev–Trinajstić information content (AvgIpc) is 2.29. The molecule has 0 spiro atoms. The zero-order chi connectivity index (χ0) is 12.5. The molecule has 0 bridgehead atoms. The van der Waals surface area contributed by atoms with Crippen molar-refractivity contribution in [3.05, 3.63) is 0 Å². The first-order chi connectivity index (χ1) is 8.00. The lowest BCUT2D eigenvalue weighted by Crippen LogP contribution is -2.56. The maximum absolute atomic E-state index is 12.2. The Morgan fingerprint density at radius 1 is 1.06 bits per heavy atom. The molecule has 0 aromatic rings. The minimum absolute atomic E-state index is 0.252. The van der Waals surface area contributed by atoms with Gasteiger partial charge in [-0.2, -0.15) is 4.31 Å². The van der Waals surface area contributed by atoms with Crippen LogP contribution in [0, 0.1) is 0 Å². The third-order valence-electron chi connectivity index (χ3n) is 2.99. The quantitative estimate of drug-likeness (QED) is 0.562. The monoisotopic (exact) mass is 261 g/mol. The summed E-state index contributed by atoms with van der Waals surface area (Å²) in [6.45, 7) is 0.797. The first-order valence-corrected chi connectivity index (χ1v) is 7.03. The number of carbonyl (C=O) groups is 2. The van der Waals surface area contributed by atoms with E-state index in [1.165, 1.54) is 0 Å². The van der Waals surface area contributed by atoms with E-state index in [0.717, 1.165) is 4.31 Å². The first-order valence-electron chi connectivity index (χ1n) is 5.52. The predicted octanol–water partition coefficient (Wildman–Crippen LogP) is -1.97. The Bertz CT molecular complexity index is 412. The van der Waals surface area contributed by atoms with Gasteiger partial charge in [-0.25, -0.2) is 8.42 Å². The molecule has 2 heterocycles. The smallest absolute Gasteiger partial charge is 0.241 e. The van der Waals surface area contributed by atoms with Crippen LogP contribution in [0.25, 0.3) is 0 Å². The van der Waals surface area contributed by atoms with Crippen LogP contribution in [0.5, 0.6) is 0 Å². The van der Waals surface area contributed by atoms with Crippen LogP contribution < -0.4 is 10.6 Å². The summed E-state index contributed by atoms with van der Waals surface area (Å²) in [6, 6.07) is 0. The SMILES string of the molecule is O=C1CN(S(=O)(=O)C2CCNCC2)CC(=O)N1. The van der Waals surface area contributed by atoms with Crippen LogP contribution >= 0.6 is 0 Å². The number of piperazine rings is 1. The van der Waals surface area contributed by atoms with Crippen LogP contribution in [-0.4, -0.2) is 56.0 Å². The van der Waals surface area contributed by atoms with E-state index in [1.807, 2.05) is 0 Å². The van der Waals surface area contributed by atoms with Crippen LogP contribution in [0.1, 0.15) is 12.8 Å². The fourth-order valence-corrected chi connectivity index (χ4v) is 3.94. The zero-order valence-electron chi connectivity index (χ0n) is 9.31. The normalized spacial score (nSPS) is 24.7. The second-order valence-corrected chi connectivity index (χ2v) is 6.45. The molecule has 2 fully saturated rings. The third-order valence-corrected chi connectivity index (χ3v) is 5.28. The van der Waals surface area contributed by atoms with E-state index in [4.69, 9.17) is 0 Å². The first kappa shape index (κ1) is 12.5. The Morgan fingerprint density at radius 3 is 2.12 bits per heavy atom. The van der Waals surface area contributed by atoms with Crippen LogP contribution in [0.15, 0.2) is 0 Å². The molecular weight excluding hydrogens is 246 g/mol. The minimum atomic E-state index is -3.54. The molecule has 0 radical (unpaired) electrons. The second kappa shape index (κ2) is 4.71. The van der Waals surface area contributed by atoms with Crippen molar-refractivity contribution in [1.82, 2.24) is 14.9 Å². The van der Waals surface area contributed by atoms with Crippen molar-refractivity contribution in [3.63, 3.8) is 0 Å². The Kier molecular flexibility index (Phi) is 3.45. The number of carbonyl (C=O) groups excluding carboxylic acids is 2. The Hall–Kier alpha value is -0.990. The highest BCUT2D eigenvalue weighted by Crippen LogP contribution is 2.18. The average molecular weight is 261 g/mol. The van der Waals surface area contributed by atoms with Gasteiger partial charge in [-0.3, -0.25) is 14.9 Å². The van der Waals surface area contributed by atoms with Gasteiger partial charge in [0.25, 0.3) is 0 Å². The molecule has 0 aliphatic carbocycles. The van der Waals surface area contributed by atoms with E-state index in [1.54, 1.807) is 0 Å². The summed E-state index contributed by atoms with van der Waals surface area (Å²) >= 11 is 0. The van der Waals surface area contributed by atoms with Crippen LogP contribution in [0.4, 0.5) is 0 Å². The number of amides is 2. The zero-order valence-corrected chi connectivity index (χ0v) is 10.1. The molecule has 2 amide bonds. The predicted molar refractivity (Wildman–Crippen MR) is 59.5 cm³/mol. The van der Waals surface area contributed by atoms with Crippen molar-refractivity contribution >= 4 is 21.8 Å². The fraction of sp³-hybridized carbons (Fsp3) is 0.778. The molecule has 2 aliphatic rings. The summed E-state index contributed by atoms with van der Waals surface area (Å²) in [5, 5.41) is 4.68. The standard InChI is InChI=1S/C9H15N3O4S/c13-8-5-12(6-9(14)11-8)17(15,16)7-1-3-10-4-2-7/h7,10H,1-6H2,(H,11,13,14). The van der Waals surface area contributed by atoms with E-state index in [-0.39, 0.29) is 13.1 Å². The Labute approximate surface area is 99.6 Å². The highest BCUT2D eigenvalue weighted by molar-refractivity contribution is 7.89. The lowest BCUT2D eigenvalue weighted by atomic mass is 10.2. The molecule has 2 rings (SSSR count). The highest BCUT2D eigenvalue weighted by Gasteiger charge is 2.37. The summed E-state index contributed by atoms with van der Waals surface area (Å²) < 4.78 is 25.4. The minimum Gasteiger partial charge on any atom is -0.317 e. The molecule has 0 unspecified atom stereocenters. The van der Waals surface area contributed by atoms with Crippen LogP contribution in [-0.2, 0) is 19.6 Å². The number of piperidine rings is 1. The van der Waals surface area contributed by atoms with E-state index in [2.05, 4.69) is 10.6 Å². The lowest BCUT2D eigenvalue weighted by molar-refractivity contribution is -0.134. The number of sulfonamides is 1. The molecule has 0 aromatic heterocycles. The number of rotatable bonds is 2. The summed E-state index contributed by atoms with van der Waals surface area (Å²) in [5.74, 6) is -1.11. The van der Waals surface area contributed by atoms with E-state index in [9.17, 15) is 18.0 Å². The maximum Gasteiger partial charge on any atom is 0.241 e. The molecule has 17 heavy (non-hydrogen) atoms. The third kappa shape index (κ3) is 2.64. The molecule has 0 saturated carbocycles. The molecule has 7 nitrogen and oxygen atoms in total. The van der Waals surface area contributed by atoms with Crippen molar-refractivity contribution in [2.45, 2.75) is 18.1 Å². The van der Waals surface area contributed by atoms with Gasteiger partial charge in [-0.05, 0) is 25.9 Å². The van der Waals surface area contributed by atoms with Crippen LogP contribution in [0.3, 0.4) is 0 Å². The van der Waals surface area contributed by atoms with Gasteiger partial charge in [0.15, 0.2) is 0 Å². The van der Waals surface area contributed by atoms with Gasteiger partial charge in [0.2, 0.25) is 21.8 Å². The van der Waals surface area contributed by atoms with Gasteiger partial charge in [-0.1, -0.05) is 0 Å². The van der Waals surface area contributed by atoms with Crippen LogP contribution in [0.2, 0.25) is 0 Å². The van der Waals surface area contributed by atoms with E-state index in [0.29, 0.717) is 25.9 Å². The van der Waals surface area contributed by atoms with E-state index >= 15 is 0 Å². The molecule has 96 valence electrons. The maximum atomic E-state index is 12.2. The largest absolute Gasteiger partial charge is 0.317 e. The molecule has 0 aromatic carbocycles. The van der Waals surface area contributed by atoms with Gasteiger partial charge in [0, 0.05) is 0 Å². The number of hydrogen-bond acceptors (Lipinski definition) is 5. The van der Waals surface area contributed by atoms with Crippen molar-refractivity contribution < 1.29 is 18.0 Å². The van der Waals surface area contributed by atoms with Crippen molar-refractivity contribution in [2.75, 3.05) is 26.2 Å². The van der Waals surface area contributed by atoms with Gasteiger partial charge in [0.1, 0.15) is 0 Å². The number of nitrogens with zero attached hydrogens (tertiary/aromatic N) is 1. The van der Waals surface area contributed by atoms with Gasteiger partial charge >= 0.3 is 0 Å². The summed E-state index contributed by atoms with van der Waals surface area (Å²) in [5.41, 5.74) is 0. The molecular formula is C9H15N3O4S. The van der Waals surface area contributed by atoms with Gasteiger partial charge < -0.3 is 5.32 Å². The number of nitrogens with one attached hydrogen (secondary N) is 2. The Morgan fingerprint density at radius 2 is 1.59 bits per heavy atom. The summed E-state index contributed by atoms with van der Waals surface area (Å²) in [6.07, 6.45) is 1.04. The number of imide groups is 1. The number of hydrogen-bond donors (Lipinski definition) is 2. The molecule has 2 saturated heterocycles. The molecule has 2 N–H and O–H groups in total. The highest BCUT2D eigenvalue weighted by atomic mass is 32.2.